The molecule has 28 heavy (non-hydrogen) atoms. The Morgan fingerprint density at radius 1 is 1.14 bits per heavy atom. The van der Waals surface area contributed by atoms with Crippen LogP contribution >= 0.6 is 23.2 Å². The summed E-state index contributed by atoms with van der Waals surface area (Å²) >= 11 is 12.1. The first-order valence-electron chi connectivity index (χ1n) is 8.78. The molecule has 3 heterocycles. The number of hydrogen-bond donors (Lipinski definition) is 1. The fourth-order valence-corrected chi connectivity index (χ4v) is 3.64. The van der Waals surface area contributed by atoms with Crippen molar-refractivity contribution in [3.05, 3.63) is 53.3 Å². The maximum atomic E-state index is 12.8. The zero-order chi connectivity index (χ0) is 19.5. The summed E-state index contributed by atoms with van der Waals surface area (Å²) in [6.45, 7) is 1.38. The minimum Gasteiger partial charge on any atom is -0.356 e. The van der Waals surface area contributed by atoms with Crippen LogP contribution in [0.1, 0.15) is 12.8 Å². The number of amides is 1. The summed E-state index contributed by atoms with van der Waals surface area (Å²) in [5.41, 5.74) is 0.559. The van der Waals surface area contributed by atoms with Crippen molar-refractivity contribution in [2.24, 2.45) is 5.92 Å². The molecule has 1 amide bonds. The first-order chi connectivity index (χ1) is 13.6. The topological polar surface area (TPSA) is 88.8 Å². The number of nitrogens with one attached hydrogen (secondary N) is 1. The Kier molecular flexibility index (Phi) is 5.40. The summed E-state index contributed by atoms with van der Waals surface area (Å²) in [6, 6.07) is 6.85. The Morgan fingerprint density at radius 3 is 2.79 bits per heavy atom. The number of piperidine rings is 1. The van der Waals surface area contributed by atoms with Gasteiger partial charge in [-0.05, 0) is 31.0 Å². The predicted octanol–water partition coefficient (Wildman–Crippen LogP) is 3.22. The van der Waals surface area contributed by atoms with Gasteiger partial charge < -0.3 is 10.2 Å². The van der Waals surface area contributed by atoms with Gasteiger partial charge in [0.15, 0.2) is 5.82 Å². The minimum atomic E-state index is -0.176. The molecule has 0 radical (unpaired) electrons. The van der Waals surface area contributed by atoms with E-state index in [1.165, 1.54) is 12.7 Å². The van der Waals surface area contributed by atoms with Crippen molar-refractivity contribution in [3.8, 4) is 5.82 Å². The molecular weight excluding hydrogens is 401 g/mol. The van der Waals surface area contributed by atoms with Crippen molar-refractivity contribution in [1.82, 2.24) is 24.7 Å². The Morgan fingerprint density at radius 2 is 2.00 bits per heavy atom. The molecule has 3 aromatic rings. The molecule has 1 aromatic carbocycles. The molecule has 1 N–H and O–H groups in total. The predicted molar refractivity (Wildman–Crippen MR) is 107 cm³/mol. The molecule has 2 aromatic heterocycles. The summed E-state index contributed by atoms with van der Waals surface area (Å²) in [5.74, 6) is 1.13. The monoisotopic (exact) mass is 417 g/mol. The molecule has 1 unspecified atom stereocenters. The number of carbonyl (C=O) groups is 1. The highest BCUT2D eigenvalue weighted by atomic mass is 35.5. The van der Waals surface area contributed by atoms with E-state index in [2.05, 4.69) is 30.3 Å². The highest BCUT2D eigenvalue weighted by Crippen LogP contribution is 2.28. The number of rotatable bonds is 4. The summed E-state index contributed by atoms with van der Waals surface area (Å²) in [7, 11) is 0. The van der Waals surface area contributed by atoms with Crippen LogP contribution in [0, 0.1) is 5.92 Å². The lowest BCUT2D eigenvalue weighted by Gasteiger charge is -2.33. The largest absolute Gasteiger partial charge is 0.356 e. The molecule has 4 rings (SSSR count). The van der Waals surface area contributed by atoms with Crippen molar-refractivity contribution in [2.75, 3.05) is 23.3 Å². The van der Waals surface area contributed by atoms with Crippen LogP contribution in [0.3, 0.4) is 0 Å². The number of hydrogen-bond acceptors (Lipinski definition) is 6. The minimum absolute atomic E-state index is 0.0699. The second kappa shape index (κ2) is 8.12. The number of anilines is 2. The molecule has 1 fully saturated rings. The van der Waals surface area contributed by atoms with E-state index < -0.39 is 0 Å². The van der Waals surface area contributed by atoms with E-state index in [-0.39, 0.29) is 11.8 Å². The van der Waals surface area contributed by atoms with Gasteiger partial charge in [0.05, 0.1) is 16.6 Å². The third-order valence-corrected chi connectivity index (χ3v) is 5.14. The molecule has 0 bridgehead atoms. The van der Waals surface area contributed by atoms with Gasteiger partial charge in [-0.2, -0.15) is 5.10 Å². The molecule has 1 atom stereocenters. The lowest BCUT2D eigenvalue weighted by molar-refractivity contribution is -0.120. The first-order valence-corrected chi connectivity index (χ1v) is 9.53. The van der Waals surface area contributed by atoms with Crippen LogP contribution in [-0.4, -0.2) is 43.7 Å². The van der Waals surface area contributed by atoms with Crippen molar-refractivity contribution < 1.29 is 4.79 Å². The van der Waals surface area contributed by atoms with E-state index in [1.54, 1.807) is 29.2 Å². The van der Waals surface area contributed by atoms with Gasteiger partial charge in [0.1, 0.15) is 24.8 Å². The molecule has 0 spiro atoms. The van der Waals surface area contributed by atoms with Crippen LogP contribution in [0.15, 0.2) is 43.2 Å². The van der Waals surface area contributed by atoms with E-state index in [0.717, 1.165) is 25.2 Å². The molecule has 0 aliphatic carbocycles. The van der Waals surface area contributed by atoms with Crippen molar-refractivity contribution in [1.29, 1.82) is 0 Å². The van der Waals surface area contributed by atoms with Crippen LogP contribution in [0.4, 0.5) is 11.5 Å². The van der Waals surface area contributed by atoms with Crippen molar-refractivity contribution in [2.45, 2.75) is 12.8 Å². The Balaban J connectivity index is 1.47. The quantitative estimate of drug-likeness (QED) is 0.700. The highest BCUT2D eigenvalue weighted by molar-refractivity contribution is 6.36. The molecular formula is C18H17Cl2N7O. The highest BCUT2D eigenvalue weighted by Gasteiger charge is 2.27. The van der Waals surface area contributed by atoms with Crippen LogP contribution in [0.5, 0.6) is 0 Å². The molecule has 10 heteroatoms. The second-order valence-electron chi connectivity index (χ2n) is 6.47. The van der Waals surface area contributed by atoms with E-state index >= 15 is 0 Å². The molecule has 8 nitrogen and oxygen atoms in total. The van der Waals surface area contributed by atoms with E-state index in [9.17, 15) is 4.79 Å². The fraction of sp³-hybridized carbons (Fsp3) is 0.278. The molecule has 1 aliphatic heterocycles. The number of carbonyl (C=O) groups excluding carboxylic acids is 1. The molecule has 1 aliphatic rings. The summed E-state index contributed by atoms with van der Waals surface area (Å²) in [5, 5.41) is 7.93. The van der Waals surface area contributed by atoms with Gasteiger partial charge in [0.25, 0.3) is 0 Å². The Labute approximate surface area is 171 Å². The number of halogens is 2. The molecule has 1 saturated heterocycles. The maximum Gasteiger partial charge on any atom is 0.229 e. The lowest BCUT2D eigenvalue weighted by Crippen LogP contribution is -2.41. The summed E-state index contributed by atoms with van der Waals surface area (Å²) in [6.07, 6.45) is 6.20. The fourth-order valence-electron chi connectivity index (χ4n) is 3.19. The van der Waals surface area contributed by atoms with Crippen molar-refractivity contribution >= 4 is 40.6 Å². The van der Waals surface area contributed by atoms with Gasteiger partial charge in [-0.25, -0.2) is 19.6 Å². The maximum absolute atomic E-state index is 12.8. The average molecular weight is 418 g/mol. The van der Waals surface area contributed by atoms with E-state index in [0.29, 0.717) is 28.1 Å². The number of aromatic nitrogens is 5. The zero-order valence-electron chi connectivity index (χ0n) is 14.8. The second-order valence-corrected chi connectivity index (χ2v) is 7.32. The van der Waals surface area contributed by atoms with Crippen LogP contribution < -0.4 is 10.2 Å². The third kappa shape index (κ3) is 4.07. The molecule has 144 valence electrons. The summed E-state index contributed by atoms with van der Waals surface area (Å²) < 4.78 is 1.57. The van der Waals surface area contributed by atoms with Gasteiger partial charge in [0.2, 0.25) is 5.91 Å². The van der Waals surface area contributed by atoms with E-state index in [4.69, 9.17) is 23.2 Å². The van der Waals surface area contributed by atoms with Crippen LogP contribution in [-0.2, 0) is 4.79 Å². The Hall–Kier alpha value is -2.71. The van der Waals surface area contributed by atoms with E-state index in [1.807, 2.05) is 6.07 Å². The van der Waals surface area contributed by atoms with Gasteiger partial charge >= 0.3 is 0 Å². The Bertz CT molecular complexity index is 980. The van der Waals surface area contributed by atoms with Crippen molar-refractivity contribution in [3.63, 3.8) is 0 Å². The summed E-state index contributed by atoms with van der Waals surface area (Å²) in [4.78, 5) is 27.3. The third-order valence-electron chi connectivity index (χ3n) is 4.60. The van der Waals surface area contributed by atoms with Gasteiger partial charge in [-0.3, -0.25) is 4.79 Å². The van der Waals surface area contributed by atoms with Gasteiger partial charge in [-0.15, -0.1) is 0 Å². The standard InChI is InChI=1S/C18H17Cl2N7O/c19-13-3-4-15(14(20)6-13)25-18(28)12-2-1-5-26(8-12)16-7-17(23-10-22-16)27-11-21-9-24-27/h3-4,6-7,9-12H,1-2,5,8H2,(H,25,28). The van der Waals surface area contributed by atoms with Crippen LogP contribution in [0.2, 0.25) is 10.0 Å². The molecule has 0 saturated carbocycles. The zero-order valence-corrected chi connectivity index (χ0v) is 16.3. The van der Waals surface area contributed by atoms with Gasteiger partial charge in [-0.1, -0.05) is 23.2 Å². The normalized spacial score (nSPS) is 16.8. The first kappa shape index (κ1) is 18.6. The van der Waals surface area contributed by atoms with Crippen LogP contribution in [0.25, 0.3) is 5.82 Å². The number of nitrogens with zero attached hydrogens (tertiary/aromatic N) is 6. The number of benzene rings is 1. The SMILES string of the molecule is O=C(Nc1ccc(Cl)cc1Cl)C1CCCN(c2cc(-n3cncn3)ncn2)C1. The smallest absolute Gasteiger partial charge is 0.229 e. The lowest BCUT2D eigenvalue weighted by atomic mass is 9.97. The average Bonchev–Trinajstić information content (AvgIpc) is 3.25. The van der Waals surface area contributed by atoms with Gasteiger partial charge in [0, 0.05) is 24.2 Å².